The lowest BCUT2D eigenvalue weighted by atomic mass is 10.1. The maximum atomic E-state index is 3.49. The summed E-state index contributed by atoms with van der Waals surface area (Å²) in [6.45, 7) is 0. The van der Waals surface area contributed by atoms with Crippen molar-refractivity contribution in [1.29, 1.82) is 0 Å². The predicted molar refractivity (Wildman–Crippen MR) is 82.8 cm³/mol. The van der Waals surface area contributed by atoms with Gasteiger partial charge in [-0.15, -0.1) is 0 Å². The average Bonchev–Trinajstić information content (AvgIpc) is 2.03. The first-order valence-electron chi connectivity index (χ1n) is 3.27. The van der Waals surface area contributed by atoms with E-state index in [2.05, 4.69) is 108 Å². The second kappa shape index (κ2) is 5.11. The first kappa shape index (κ1) is 12.0. The molecule has 0 aliphatic heterocycles. The molecule has 66 valence electrons. The van der Waals surface area contributed by atoms with Gasteiger partial charge in [-0.2, -0.15) is 0 Å². The van der Waals surface area contributed by atoms with E-state index in [-0.39, 0.29) is -0.565 Å². The molecule has 0 fully saturated rings. The summed E-state index contributed by atoms with van der Waals surface area (Å²) in [4.78, 5) is 0. The Morgan fingerprint density at radius 3 is 2.17 bits per heavy atom. The Balaban J connectivity index is 3.14. The maximum absolute atomic E-state index is 3.49. The van der Waals surface area contributed by atoms with E-state index < -0.39 is 0 Å². The van der Waals surface area contributed by atoms with E-state index in [1.165, 1.54) is 11.1 Å². The van der Waals surface area contributed by atoms with Gasteiger partial charge in [0.1, 0.15) is -0.565 Å². The lowest BCUT2D eigenvalue weighted by molar-refractivity contribution is 1.30. The summed E-state index contributed by atoms with van der Waals surface area (Å²) in [5.74, 6) is 0. The van der Waals surface area contributed by atoms with Crippen LogP contribution in [0, 0.1) is 0 Å². The van der Waals surface area contributed by atoms with Crippen molar-refractivity contribution in [2.45, 2.75) is 4.77 Å². The molecule has 0 aromatic heterocycles. The minimum absolute atomic E-state index is 0.164. The zero-order valence-corrected chi connectivity index (χ0v) is 14.1. The van der Waals surface area contributed by atoms with Gasteiger partial charge >= 0.3 is 0 Å². The van der Waals surface area contributed by atoms with E-state index in [4.69, 9.17) is 0 Å². The summed E-state index contributed by atoms with van der Waals surface area (Å²) in [5, 5.41) is 0.930. The first-order chi connectivity index (χ1) is 5.55. The van der Waals surface area contributed by atoms with Crippen molar-refractivity contribution in [3.05, 3.63) is 35.4 Å². The SMILES string of the molecule is BrCc1ccccc1C(I)(I)I. The van der Waals surface area contributed by atoms with Gasteiger partial charge in [0.05, 0.1) is 0 Å². The smallest absolute Gasteiger partial charge is 0.0876 e. The van der Waals surface area contributed by atoms with Crippen molar-refractivity contribution in [2.75, 3.05) is 0 Å². The Morgan fingerprint density at radius 2 is 1.75 bits per heavy atom. The lowest BCUT2D eigenvalue weighted by Crippen LogP contribution is -2.00. The number of halogens is 4. The van der Waals surface area contributed by atoms with Gasteiger partial charge in [-0.25, -0.2) is 0 Å². The normalized spacial score (nSPS) is 11.7. The molecule has 0 atom stereocenters. The fourth-order valence-corrected chi connectivity index (χ4v) is 2.98. The molecule has 4 heteroatoms. The van der Waals surface area contributed by atoms with Crippen LogP contribution in [0.25, 0.3) is 0 Å². The molecular weight excluding hydrogens is 557 g/mol. The van der Waals surface area contributed by atoms with Crippen LogP contribution >= 0.6 is 83.7 Å². The largest absolute Gasteiger partial charge is 0.149 e. The molecule has 0 spiro atoms. The molecule has 0 aliphatic carbocycles. The van der Waals surface area contributed by atoms with Gasteiger partial charge in [0.2, 0.25) is 0 Å². The van der Waals surface area contributed by atoms with Crippen LogP contribution in [0.5, 0.6) is 0 Å². The van der Waals surface area contributed by atoms with E-state index in [1.54, 1.807) is 0 Å². The van der Waals surface area contributed by atoms with Gasteiger partial charge in [-0.1, -0.05) is 40.2 Å². The number of hydrogen-bond donors (Lipinski definition) is 0. The van der Waals surface area contributed by atoms with Crippen LogP contribution in [0.2, 0.25) is 0 Å². The quantitative estimate of drug-likeness (QED) is 0.352. The molecule has 0 amide bonds. The summed E-state index contributed by atoms with van der Waals surface area (Å²) in [7, 11) is 0. The molecule has 0 radical (unpaired) electrons. The van der Waals surface area contributed by atoms with Crippen LogP contribution in [-0.2, 0) is 4.77 Å². The molecule has 0 heterocycles. The fraction of sp³-hybridized carbons (Fsp3) is 0.250. The van der Waals surface area contributed by atoms with Gasteiger partial charge < -0.3 is 0 Å². The highest BCUT2D eigenvalue weighted by molar-refractivity contribution is 14.3. The van der Waals surface area contributed by atoms with E-state index in [1.807, 2.05) is 0 Å². The molecule has 0 saturated heterocycles. The van der Waals surface area contributed by atoms with Crippen molar-refractivity contribution in [2.24, 2.45) is 0 Å². The second-order valence-electron chi connectivity index (χ2n) is 2.29. The van der Waals surface area contributed by atoms with Gasteiger partial charge in [-0.3, -0.25) is 0 Å². The van der Waals surface area contributed by atoms with Crippen LogP contribution < -0.4 is 0 Å². The van der Waals surface area contributed by atoms with Gasteiger partial charge in [0.25, 0.3) is 0 Å². The van der Waals surface area contributed by atoms with Crippen LogP contribution in [0.4, 0.5) is 0 Å². The summed E-state index contributed by atoms with van der Waals surface area (Å²) in [5.41, 5.74) is 2.76. The molecule has 0 N–H and O–H groups in total. The minimum atomic E-state index is 0.164. The summed E-state index contributed by atoms with van der Waals surface area (Å²) in [6, 6.07) is 8.51. The summed E-state index contributed by atoms with van der Waals surface area (Å²) >= 11 is 10.8. The van der Waals surface area contributed by atoms with Crippen LogP contribution in [0.15, 0.2) is 24.3 Å². The van der Waals surface area contributed by atoms with Gasteiger partial charge in [0.15, 0.2) is 0 Å². The van der Waals surface area contributed by atoms with E-state index >= 15 is 0 Å². The van der Waals surface area contributed by atoms with Gasteiger partial charge in [0, 0.05) is 5.33 Å². The third-order valence-electron chi connectivity index (χ3n) is 1.47. The topological polar surface area (TPSA) is 0 Å². The van der Waals surface area contributed by atoms with Crippen LogP contribution in [0.1, 0.15) is 11.1 Å². The highest BCUT2D eigenvalue weighted by Gasteiger charge is 2.22. The lowest BCUT2D eigenvalue weighted by Gasteiger charge is -2.16. The Bertz CT molecular complexity index is 267. The maximum Gasteiger partial charge on any atom is 0.149 e. The molecule has 1 aromatic rings. The second-order valence-corrected chi connectivity index (χ2v) is 13.9. The standard InChI is InChI=1S/C8H6BrI3/c9-5-6-3-1-2-4-7(6)8(10,11)12/h1-4H,5H2. The first-order valence-corrected chi connectivity index (χ1v) is 7.62. The van der Waals surface area contributed by atoms with Crippen molar-refractivity contribution < 1.29 is 0 Å². The number of hydrogen-bond acceptors (Lipinski definition) is 0. The molecule has 1 aromatic carbocycles. The molecule has 1 rings (SSSR count). The molecule has 0 bridgehead atoms. The highest BCUT2D eigenvalue weighted by atomic mass is 127. The van der Waals surface area contributed by atoms with Crippen LogP contribution in [-0.4, -0.2) is 0 Å². The Morgan fingerprint density at radius 1 is 1.17 bits per heavy atom. The molecular formula is C8H6BrI3. The third-order valence-corrected chi connectivity index (χ3v) is 3.81. The third kappa shape index (κ3) is 3.23. The number of alkyl halides is 4. The Hall–Kier alpha value is 1.89. The van der Waals surface area contributed by atoms with Crippen LogP contribution in [0.3, 0.4) is 0 Å². The highest BCUT2D eigenvalue weighted by Crippen LogP contribution is 2.47. The van der Waals surface area contributed by atoms with Crippen molar-refractivity contribution in [1.82, 2.24) is 0 Å². The number of rotatable bonds is 2. The molecule has 0 aliphatic rings. The summed E-state index contributed by atoms with van der Waals surface area (Å²) < 4.78 is 0.164. The van der Waals surface area contributed by atoms with Crippen molar-refractivity contribution in [3.63, 3.8) is 0 Å². The van der Waals surface area contributed by atoms with E-state index in [9.17, 15) is 0 Å². The van der Waals surface area contributed by atoms with Crippen molar-refractivity contribution in [3.8, 4) is 0 Å². The number of benzene rings is 1. The average molecular weight is 563 g/mol. The molecule has 0 saturated carbocycles. The molecule has 0 unspecified atom stereocenters. The monoisotopic (exact) mass is 562 g/mol. The predicted octanol–water partition coefficient (Wildman–Crippen LogP) is 5.00. The zero-order chi connectivity index (χ0) is 9.19. The van der Waals surface area contributed by atoms with Crippen molar-refractivity contribution >= 4 is 83.7 Å². The molecule has 12 heavy (non-hydrogen) atoms. The summed E-state index contributed by atoms with van der Waals surface area (Å²) in [6.07, 6.45) is 0. The zero-order valence-electron chi connectivity index (χ0n) is 6.03. The fourth-order valence-electron chi connectivity index (χ4n) is 0.913. The molecule has 0 nitrogen and oxygen atoms in total. The minimum Gasteiger partial charge on any atom is -0.0876 e. The van der Waals surface area contributed by atoms with E-state index in [0.717, 1.165) is 5.33 Å². The van der Waals surface area contributed by atoms with Gasteiger partial charge in [-0.05, 0) is 78.9 Å². The Kier molecular flexibility index (Phi) is 5.09. The Labute approximate surface area is 122 Å². The van der Waals surface area contributed by atoms with E-state index in [0.29, 0.717) is 0 Å².